The molecule has 6 N–H and O–H groups in total. The van der Waals surface area contributed by atoms with Crippen LogP contribution in [0.25, 0.3) is 0 Å². The number of hydrogen-bond donors (Lipinski definition) is 5. The molecule has 194 valence electrons. The summed E-state index contributed by atoms with van der Waals surface area (Å²) < 4.78 is 0. The molecular weight excluding hydrogens is 460 g/mol. The van der Waals surface area contributed by atoms with Crippen LogP contribution in [0.2, 0.25) is 0 Å². The molecule has 0 saturated carbocycles. The molecule has 0 heterocycles. The molecule has 0 fully saturated rings. The van der Waals surface area contributed by atoms with Gasteiger partial charge in [0.1, 0.15) is 18.1 Å². The summed E-state index contributed by atoms with van der Waals surface area (Å²) in [7, 11) is 0. The van der Waals surface area contributed by atoms with Crippen LogP contribution >= 0.6 is 0 Å². The summed E-state index contributed by atoms with van der Waals surface area (Å²) in [6, 6.07) is 14.3. The molecule has 0 aliphatic carbocycles. The molecule has 0 aromatic heterocycles. The Hall–Kier alpha value is -3.72. The van der Waals surface area contributed by atoms with Crippen LogP contribution in [0.4, 0.5) is 0 Å². The van der Waals surface area contributed by atoms with Crippen molar-refractivity contribution < 1.29 is 24.3 Å². The van der Waals surface area contributed by atoms with Crippen LogP contribution in [0.15, 0.2) is 60.7 Å². The number of carbonyl (C=O) groups excluding carboxylic acids is 3. The summed E-state index contributed by atoms with van der Waals surface area (Å²) in [5.41, 5.74) is 7.68. The number of carboxylic acids is 1. The lowest BCUT2D eigenvalue weighted by Crippen LogP contribution is -2.58. The third-order valence-corrected chi connectivity index (χ3v) is 6.12. The molecule has 2 rings (SSSR count). The Balaban J connectivity index is 2.27. The number of carbonyl (C=O) groups is 4. The molecule has 5 atom stereocenters. The third-order valence-electron chi connectivity index (χ3n) is 6.12. The number of amides is 3. The van der Waals surface area contributed by atoms with E-state index in [1.54, 1.807) is 24.3 Å². The minimum absolute atomic E-state index is 0.0838. The van der Waals surface area contributed by atoms with E-state index in [1.165, 1.54) is 6.92 Å². The van der Waals surface area contributed by atoms with E-state index in [0.29, 0.717) is 6.42 Å². The van der Waals surface area contributed by atoms with Gasteiger partial charge in [0.25, 0.3) is 0 Å². The fraction of sp³-hybridized carbons (Fsp3) is 0.407. The van der Waals surface area contributed by atoms with Crippen LogP contribution in [-0.4, -0.2) is 53.0 Å². The summed E-state index contributed by atoms with van der Waals surface area (Å²) in [6.07, 6.45) is 1.03. The molecule has 3 amide bonds. The summed E-state index contributed by atoms with van der Waals surface area (Å²) >= 11 is 0. The Morgan fingerprint density at radius 1 is 0.750 bits per heavy atom. The van der Waals surface area contributed by atoms with E-state index in [1.807, 2.05) is 50.2 Å². The highest BCUT2D eigenvalue weighted by Gasteiger charge is 2.30. The molecule has 5 unspecified atom stereocenters. The molecule has 36 heavy (non-hydrogen) atoms. The fourth-order valence-electron chi connectivity index (χ4n) is 3.55. The first-order valence-electron chi connectivity index (χ1n) is 12.1. The van der Waals surface area contributed by atoms with Crippen molar-refractivity contribution in [3.8, 4) is 0 Å². The Labute approximate surface area is 211 Å². The SMILES string of the molecule is CCC(C)C(N)C(=O)NC(Cc1ccccc1)C(=O)NC(Cc1ccccc1)C(=O)NC(C)C(=O)O. The molecule has 0 saturated heterocycles. The van der Waals surface area contributed by atoms with E-state index >= 15 is 0 Å². The van der Waals surface area contributed by atoms with Crippen molar-refractivity contribution in [2.24, 2.45) is 11.7 Å². The number of nitrogens with two attached hydrogens (primary N) is 1. The van der Waals surface area contributed by atoms with Crippen LogP contribution in [0, 0.1) is 5.92 Å². The quantitative estimate of drug-likeness (QED) is 0.283. The molecular formula is C27H36N4O5. The van der Waals surface area contributed by atoms with E-state index in [4.69, 9.17) is 5.73 Å². The van der Waals surface area contributed by atoms with Crippen molar-refractivity contribution in [2.45, 2.75) is 64.2 Å². The normalized spacial score (nSPS) is 15.0. The highest BCUT2D eigenvalue weighted by Crippen LogP contribution is 2.09. The Morgan fingerprint density at radius 3 is 1.58 bits per heavy atom. The van der Waals surface area contributed by atoms with Gasteiger partial charge in [-0.25, -0.2) is 0 Å². The van der Waals surface area contributed by atoms with Gasteiger partial charge in [0.05, 0.1) is 6.04 Å². The van der Waals surface area contributed by atoms with Crippen molar-refractivity contribution in [1.82, 2.24) is 16.0 Å². The van der Waals surface area contributed by atoms with E-state index in [9.17, 15) is 24.3 Å². The lowest BCUT2D eigenvalue weighted by atomic mass is 9.98. The van der Waals surface area contributed by atoms with E-state index < -0.39 is 47.9 Å². The van der Waals surface area contributed by atoms with E-state index in [0.717, 1.165) is 11.1 Å². The molecule has 2 aromatic carbocycles. The van der Waals surface area contributed by atoms with Gasteiger partial charge in [-0.3, -0.25) is 19.2 Å². The highest BCUT2D eigenvalue weighted by molar-refractivity contribution is 5.94. The lowest BCUT2D eigenvalue weighted by Gasteiger charge is -2.26. The zero-order valence-corrected chi connectivity index (χ0v) is 20.9. The largest absolute Gasteiger partial charge is 0.480 e. The fourth-order valence-corrected chi connectivity index (χ4v) is 3.55. The smallest absolute Gasteiger partial charge is 0.325 e. The molecule has 9 nitrogen and oxygen atoms in total. The second-order valence-electron chi connectivity index (χ2n) is 8.98. The number of benzene rings is 2. The second-order valence-corrected chi connectivity index (χ2v) is 8.98. The van der Waals surface area contributed by atoms with Crippen molar-refractivity contribution >= 4 is 23.7 Å². The summed E-state index contributed by atoms with van der Waals surface area (Å²) in [5.74, 6) is -2.93. The monoisotopic (exact) mass is 496 g/mol. The molecule has 0 radical (unpaired) electrons. The first-order chi connectivity index (χ1) is 17.1. The highest BCUT2D eigenvalue weighted by atomic mass is 16.4. The number of carboxylic acid groups (broad SMARTS) is 1. The van der Waals surface area contributed by atoms with E-state index in [2.05, 4.69) is 16.0 Å². The predicted octanol–water partition coefficient (Wildman–Crippen LogP) is 1.40. The Morgan fingerprint density at radius 2 is 1.17 bits per heavy atom. The van der Waals surface area contributed by atoms with Crippen LogP contribution in [0.3, 0.4) is 0 Å². The minimum Gasteiger partial charge on any atom is -0.480 e. The van der Waals surface area contributed by atoms with E-state index in [-0.39, 0.29) is 18.8 Å². The van der Waals surface area contributed by atoms with Gasteiger partial charge in [-0.05, 0) is 24.0 Å². The first kappa shape index (κ1) is 28.5. The van der Waals surface area contributed by atoms with Crippen LogP contribution in [0.5, 0.6) is 0 Å². The standard InChI is InChI=1S/C27H36N4O5/c1-4-17(2)23(28)26(34)31-22(16-20-13-9-6-10-14-20)25(33)30-21(15-19-11-7-5-8-12-19)24(32)29-18(3)27(35)36/h5-14,17-18,21-23H,4,15-16,28H2,1-3H3,(H,29,32)(H,30,33)(H,31,34)(H,35,36). The lowest BCUT2D eigenvalue weighted by molar-refractivity contribution is -0.141. The van der Waals surface area contributed by atoms with Crippen molar-refractivity contribution in [3.05, 3.63) is 71.8 Å². The van der Waals surface area contributed by atoms with Gasteiger partial charge in [0.2, 0.25) is 17.7 Å². The summed E-state index contributed by atoms with van der Waals surface area (Å²) in [5, 5.41) is 17.1. The van der Waals surface area contributed by atoms with Gasteiger partial charge in [-0.15, -0.1) is 0 Å². The average Bonchev–Trinajstić information content (AvgIpc) is 2.87. The Bertz CT molecular complexity index is 1020. The van der Waals surface area contributed by atoms with Gasteiger partial charge in [0.15, 0.2) is 0 Å². The van der Waals surface area contributed by atoms with Crippen LogP contribution in [0.1, 0.15) is 38.3 Å². The molecule has 0 bridgehead atoms. The molecule has 2 aromatic rings. The zero-order valence-electron chi connectivity index (χ0n) is 20.9. The van der Waals surface area contributed by atoms with Crippen molar-refractivity contribution in [2.75, 3.05) is 0 Å². The minimum atomic E-state index is -1.19. The number of hydrogen-bond acceptors (Lipinski definition) is 5. The van der Waals surface area contributed by atoms with Crippen LogP contribution < -0.4 is 21.7 Å². The molecule has 0 aliphatic rings. The topological polar surface area (TPSA) is 151 Å². The first-order valence-corrected chi connectivity index (χ1v) is 12.1. The summed E-state index contributed by atoms with van der Waals surface area (Å²) in [6.45, 7) is 5.13. The third kappa shape index (κ3) is 8.81. The summed E-state index contributed by atoms with van der Waals surface area (Å²) in [4.78, 5) is 50.4. The second kappa shape index (κ2) is 14.0. The maximum Gasteiger partial charge on any atom is 0.325 e. The van der Waals surface area contributed by atoms with Gasteiger partial charge >= 0.3 is 5.97 Å². The molecule has 0 aliphatic heterocycles. The Kier molecular flexibility index (Phi) is 11.1. The predicted molar refractivity (Wildman–Crippen MR) is 137 cm³/mol. The van der Waals surface area contributed by atoms with Gasteiger partial charge in [-0.2, -0.15) is 0 Å². The number of aliphatic carboxylic acids is 1. The van der Waals surface area contributed by atoms with Gasteiger partial charge < -0.3 is 26.8 Å². The average molecular weight is 497 g/mol. The maximum absolute atomic E-state index is 13.4. The molecule has 0 spiro atoms. The van der Waals surface area contributed by atoms with Crippen LogP contribution in [-0.2, 0) is 32.0 Å². The van der Waals surface area contributed by atoms with Gasteiger partial charge in [0, 0.05) is 12.8 Å². The van der Waals surface area contributed by atoms with Crippen molar-refractivity contribution in [3.63, 3.8) is 0 Å². The van der Waals surface area contributed by atoms with Gasteiger partial charge in [-0.1, -0.05) is 80.9 Å². The number of rotatable bonds is 13. The maximum atomic E-state index is 13.4. The molecule has 9 heteroatoms. The zero-order chi connectivity index (χ0) is 26.7. The van der Waals surface area contributed by atoms with Crippen molar-refractivity contribution in [1.29, 1.82) is 0 Å². The number of nitrogens with one attached hydrogen (secondary N) is 3.